The third-order valence-electron chi connectivity index (χ3n) is 4.38. The minimum Gasteiger partial charge on any atom is -0.386 e. The van der Waals surface area contributed by atoms with E-state index in [-0.39, 0.29) is 11.3 Å². The van der Waals surface area contributed by atoms with Crippen molar-refractivity contribution in [2.24, 2.45) is 0 Å². The Balaban J connectivity index is 1.69. The largest absolute Gasteiger partial charge is 0.386 e. The number of nitrogens with zero attached hydrogens (tertiary/aromatic N) is 4. The molecule has 2 aromatic carbocycles. The van der Waals surface area contributed by atoms with Gasteiger partial charge in [-0.3, -0.25) is 0 Å². The molecule has 0 aliphatic carbocycles. The van der Waals surface area contributed by atoms with Crippen molar-refractivity contribution >= 4 is 28.5 Å². The van der Waals surface area contributed by atoms with Crippen LogP contribution in [0.3, 0.4) is 0 Å². The van der Waals surface area contributed by atoms with Crippen molar-refractivity contribution in [2.75, 3.05) is 5.32 Å². The highest BCUT2D eigenvalue weighted by atomic mass is 35.5. The fourth-order valence-corrected chi connectivity index (χ4v) is 3.15. The Morgan fingerprint density at radius 3 is 2.37 bits per heavy atom. The molecule has 0 spiro atoms. The van der Waals surface area contributed by atoms with Gasteiger partial charge in [-0.15, -0.1) is 0 Å². The van der Waals surface area contributed by atoms with Gasteiger partial charge in [0.15, 0.2) is 5.65 Å². The molecule has 0 amide bonds. The zero-order valence-corrected chi connectivity index (χ0v) is 15.4. The third kappa shape index (κ3) is 3.49. The van der Waals surface area contributed by atoms with Crippen LogP contribution in [-0.2, 0) is 0 Å². The fraction of sp³-hybridized carbons (Fsp3) is 0.150. The van der Waals surface area contributed by atoms with E-state index in [0.717, 1.165) is 16.6 Å². The van der Waals surface area contributed by atoms with Crippen LogP contribution in [-0.4, -0.2) is 30.9 Å². The summed E-state index contributed by atoms with van der Waals surface area (Å²) in [5, 5.41) is 19.1. The maximum absolute atomic E-state index is 10.6. The molecule has 0 saturated carbocycles. The number of halogens is 1. The van der Waals surface area contributed by atoms with Gasteiger partial charge in [-0.05, 0) is 36.2 Å². The van der Waals surface area contributed by atoms with Crippen molar-refractivity contribution in [3.05, 3.63) is 77.7 Å². The van der Waals surface area contributed by atoms with Crippen LogP contribution >= 0.6 is 11.6 Å². The quantitative estimate of drug-likeness (QED) is 0.512. The predicted octanol–water partition coefficient (Wildman–Crippen LogP) is 4.00. The van der Waals surface area contributed by atoms with Crippen molar-refractivity contribution in [3.8, 4) is 5.69 Å². The average Bonchev–Trinajstić information content (AvgIpc) is 3.12. The van der Waals surface area contributed by atoms with Crippen LogP contribution in [0, 0.1) is 0 Å². The number of rotatable bonds is 5. The van der Waals surface area contributed by atoms with Crippen molar-refractivity contribution in [3.63, 3.8) is 0 Å². The summed E-state index contributed by atoms with van der Waals surface area (Å²) in [7, 11) is 0. The molecule has 0 aliphatic rings. The summed E-state index contributed by atoms with van der Waals surface area (Å²) in [6.07, 6.45) is 1.00. The molecule has 0 bridgehead atoms. The SMILES string of the molecule is CC(Nc1nc(Cl)nc2c1cnn2-c1ccccc1)C(O)c1ccccc1. The lowest BCUT2D eigenvalue weighted by atomic mass is 10.0. The zero-order valence-electron chi connectivity index (χ0n) is 14.6. The number of benzene rings is 2. The summed E-state index contributed by atoms with van der Waals surface area (Å²) >= 11 is 6.15. The average molecular weight is 380 g/mol. The van der Waals surface area contributed by atoms with Crippen LogP contribution in [0.2, 0.25) is 5.28 Å². The van der Waals surface area contributed by atoms with Crippen LogP contribution in [0.1, 0.15) is 18.6 Å². The van der Waals surface area contributed by atoms with E-state index in [0.29, 0.717) is 11.5 Å². The maximum atomic E-state index is 10.6. The minimum absolute atomic E-state index is 0.115. The van der Waals surface area contributed by atoms with Gasteiger partial charge in [-0.25, -0.2) is 4.68 Å². The highest BCUT2D eigenvalue weighted by Gasteiger charge is 2.20. The highest BCUT2D eigenvalue weighted by Crippen LogP contribution is 2.27. The van der Waals surface area contributed by atoms with Crippen molar-refractivity contribution < 1.29 is 5.11 Å². The summed E-state index contributed by atoms with van der Waals surface area (Å²) in [5.74, 6) is 0.537. The fourth-order valence-electron chi connectivity index (χ4n) is 2.98. The lowest BCUT2D eigenvalue weighted by Crippen LogP contribution is -2.24. The van der Waals surface area contributed by atoms with Crippen LogP contribution in [0.5, 0.6) is 0 Å². The Bertz CT molecular complexity index is 1050. The number of aliphatic hydroxyl groups is 1. The Morgan fingerprint density at radius 1 is 1.00 bits per heavy atom. The number of nitrogens with one attached hydrogen (secondary N) is 1. The predicted molar refractivity (Wildman–Crippen MR) is 106 cm³/mol. The smallest absolute Gasteiger partial charge is 0.226 e. The Hall–Kier alpha value is -2.96. The summed E-state index contributed by atoms with van der Waals surface area (Å²) in [5.41, 5.74) is 2.31. The summed E-state index contributed by atoms with van der Waals surface area (Å²) in [4.78, 5) is 8.64. The van der Waals surface area contributed by atoms with E-state index in [1.165, 1.54) is 0 Å². The summed E-state index contributed by atoms with van der Waals surface area (Å²) in [6, 6.07) is 18.9. The van der Waals surface area contributed by atoms with Crippen molar-refractivity contribution in [1.29, 1.82) is 0 Å². The molecule has 2 atom stereocenters. The van der Waals surface area contributed by atoms with Gasteiger partial charge in [0.25, 0.3) is 0 Å². The molecule has 2 aromatic heterocycles. The van der Waals surface area contributed by atoms with Crippen LogP contribution < -0.4 is 5.32 Å². The molecule has 6 nitrogen and oxygen atoms in total. The van der Waals surface area contributed by atoms with Crippen molar-refractivity contribution in [1.82, 2.24) is 19.7 Å². The summed E-state index contributed by atoms with van der Waals surface area (Å²) in [6.45, 7) is 1.89. The van der Waals surface area contributed by atoms with E-state index < -0.39 is 6.10 Å². The second-order valence-electron chi connectivity index (χ2n) is 6.26. The number of aromatic nitrogens is 4. The standard InChI is InChI=1S/C20H18ClN5O/c1-13(17(27)14-8-4-2-5-9-14)23-18-16-12-22-26(15-10-6-3-7-11-15)19(16)25-20(21)24-18/h2-13,17,27H,1H3,(H,23,24,25). The first-order valence-corrected chi connectivity index (χ1v) is 8.97. The molecular weight excluding hydrogens is 362 g/mol. The first kappa shape index (κ1) is 17.5. The van der Waals surface area contributed by atoms with Gasteiger partial charge in [0.1, 0.15) is 5.82 Å². The highest BCUT2D eigenvalue weighted by molar-refractivity contribution is 6.28. The van der Waals surface area contributed by atoms with Crippen LogP contribution in [0.15, 0.2) is 66.9 Å². The van der Waals surface area contributed by atoms with Crippen LogP contribution in [0.4, 0.5) is 5.82 Å². The Labute approximate surface area is 161 Å². The number of hydrogen-bond donors (Lipinski definition) is 2. The number of fused-ring (bicyclic) bond motifs is 1. The zero-order chi connectivity index (χ0) is 18.8. The molecule has 0 fully saturated rings. The van der Waals surface area contributed by atoms with Gasteiger partial charge in [0, 0.05) is 0 Å². The number of hydrogen-bond acceptors (Lipinski definition) is 5. The Kier molecular flexibility index (Phi) is 4.75. The normalized spacial score (nSPS) is 13.4. The van der Waals surface area contributed by atoms with Gasteiger partial charge < -0.3 is 10.4 Å². The number of anilines is 1. The number of para-hydroxylation sites is 1. The first-order valence-electron chi connectivity index (χ1n) is 8.60. The molecule has 2 unspecified atom stereocenters. The van der Waals surface area contributed by atoms with E-state index in [1.807, 2.05) is 67.6 Å². The monoisotopic (exact) mass is 379 g/mol. The number of aliphatic hydroxyl groups excluding tert-OH is 1. The Morgan fingerprint density at radius 2 is 1.67 bits per heavy atom. The van der Waals surface area contributed by atoms with E-state index in [2.05, 4.69) is 20.4 Å². The molecule has 4 rings (SSSR count). The topological polar surface area (TPSA) is 75.9 Å². The second-order valence-corrected chi connectivity index (χ2v) is 6.60. The molecule has 136 valence electrons. The molecule has 2 N–H and O–H groups in total. The molecule has 2 heterocycles. The van der Waals surface area contributed by atoms with E-state index >= 15 is 0 Å². The molecule has 7 heteroatoms. The maximum Gasteiger partial charge on any atom is 0.226 e. The third-order valence-corrected chi connectivity index (χ3v) is 4.55. The minimum atomic E-state index is -0.695. The molecule has 27 heavy (non-hydrogen) atoms. The molecule has 0 aliphatic heterocycles. The van der Waals surface area contributed by atoms with E-state index in [1.54, 1.807) is 10.9 Å². The lowest BCUT2D eigenvalue weighted by molar-refractivity contribution is 0.160. The molecule has 0 radical (unpaired) electrons. The van der Waals surface area contributed by atoms with E-state index in [4.69, 9.17) is 11.6 Å². The lowest BCUT2D eigenvalue weighted by Gasteiger charge is -2.21. The van der Waals surface area contributed by atoms with Gasteiger partial charge in [-0.1, -0.05) is 48.5 Å². The van der Waals surface area contributed by atoms with Crippen LogP contribution in [0.25, 0.3) is 16.7 Å². The molecule has 0 saturated heterocycles. The van der Waals surface area contributed by atoms with E-state index in [9.17, 15) is 5.11 Å². The van der Waals surface area contributed by atoms with Gasteiger partial charge in [-0.2, -0.15) is 15.1 Å². The van der Waals surface area contributed by atoms with Gasteiger partial charge in [0.05, 0.1) is 29.4 Å². The van der Waals surface area contributed by atoms with Gasteiger partial charge >= 0.3 is 0 Å². The van der Waals surface area contributed by atoms with Gasteiger partial charge in [0.2, 0.25) is 5.28 Å². The summed E-state index contributed by atoms with van der Waals surface area (Å²) < 4.78 is 1.71. The second kappa shape index (κ2) is 7.34. The molecule has 4 aromatic rings. The first-order chi connectivity index (χ1) is 13.1. The van der Waals surface area contributed by atoms with Crippen molar-refractivity contribution in [2.45, 2.75) is 19.1 Å². The molecular formula is C20H18ClN5O.